The molecule has 0 saturated carbocycles. The molecule has 0 unspecified atom stereocenters. The van der Waals surface area contributed by atoms with E-state index in [0.29, 0.717) is 0 Å². The van der Waals surface area contributed by atoms with Crippen LogP contribution < -0.4 is 5.32 Å². The van der Waals surface area contributed by atoms with Crippen LogP contribution in [0.25, 0.3) is 5.69 Å². The van der Waals surface area contributed by atoms with Gasteiger partial charge in [0.05, 0.1) is 28.5 Å². The molecule has 4 nitrogen and oxygen atoms in total. The molecule has 1 saturated heterocycles. The van der Waals surface area contributed by atoms with Gasteiger partial charge >= 0.3 is 0 Å². The van der Waals surface area contributed by atoms with Crippen LogP contribution in [0.2, 0.25) is 5.02 Å². The fraction of sp³-hybridized carbons (Fsp3) is 0.333. The topological polar surface area (TPSA) is 33.1 Å². The minimum Gasteiger partial charge on any atom is -0.352 e. The molecule has 3 aromatic rings. The van der Waals surface area contributed by atoms with E-state index in [1.54, 1.807) is 0 Å². The van der Waals surface area contributed by atoms with Crippen molar-refractivity contribution in [3.8, 4) is 5.69 Å². The minimum atomic E-state index is 0.00996. The lowest BCUT2D eigenvalue weighted by Crippen LogP contribution is -2.30. The Balaban J connectivity index is 1.83. The first-order valence-electron chi connectivity index (χ1n) is 10.4. The van der Waals surface area contributed by atoms with Gasteiger partial charge in [-0.25, -0.2) is 0 Å². The molecule has 2 aromatic heterocycles. The number of rotatable bonds is 6. The number of nitrogens with zero attached hydrogens (tertiary/aromatic N) is 3. The molecular weight excluding hydrogens is 412 g/mol. The zero-order chi connectivity index (χ0) is 21.3. The van der Waals surface area contributed by atoms with Gasteiger partial charge in [0.25, 0.3) is 0 Å². The van der Waals surface area contributed by atoms with E-state index in [0.717, 1.165) is 46.6 Å². The van der Waals surface area contributed by atoms with Crippen LogP contribution in [-0.2, 0) is 0 Å². The highest BCUT2D eigenvalue weighted by molar-refractivity contribution is 7.80. The van der Waals surface area contributed by atoms with Gasteiger partial charge < -0.3 is 14.8 Å². The summed E-state index contributed by atoms with van der Waals surface area (Å²) in [6.45, 7) is 7.43. The van der Waals surface area contributed by atoms with Crippen molar-refractivity contribution >= 4 is 28.9 Å². The van der Waals surface area contributed by atoms with Crippen LogP contribution in [-0.4, -0.2) is 26.1 Å². The SMILES string of the molecule is CCCCN1C(=S)N[C@H](c2ccccn2)[C@H]1c1cc(C)n(-c2ccccc2Cl)c1C. The summed E-state index contributed by atoms with van der Waals surface area (Å²) in [5, 5.41) is 5.09. The van der Waals surface area contributed by atoms with Gasteiger partial charge in [-0.1, -0.05) is 43.1 Å². The summed E-state index contributed by atoms with van der Waals surface area (Å²) in [6, 6.07) is 16.4. The molecule has 2 atom stereocenters. The Morgan fingerprint density at radius 3 is 2.60 bits per heavy atom. The molecule has 1 aromatic carbocycles. The summed E-state index contributed by atoms with van der Waals surface area (Å²) in [6.07, 6.45) is 4.06. The number of halogens is 1. The van der Waals surface area contributed by atoms with Gasteiger partial charge in [-0.05, 0) is 68.4 Å². The zero-order valence-corrected chi connectivity index (χ0v) is 19.2. The highest BCUT2D eigenvalue weighted by Gasteiger charge is 2.41. The average molecular weight is 439 g/mol. The normalized spacial score (nSPS) is 18.7. The Labute approximate surface area is 188 Å². The first-order valence-corrected chi connectivity index (χ1v) is 11.2. The minimum absolute atomic E-state index is 0.00996. The number of para-hydroxylation sites is 1. The molecule has 1 aliphatic heterocycles. The third kappa shape index (κ3) is 3.72. The lowest BCUT2D eigenvalue weighted by atomic mass is 9.96. The number of benzene rings is 1. The van der Waals surface area contributed by atoms with E-state index >= 15 is 0 Å². The van der Waals surface area contributed by atoms with Crippen molar-refractivity contribution in [2.24, 2.45) is 0 Å². The van der Waals surface area contributed by atoms with Crippen molar-refractivity contribution in [3.05, 3.63) is 82.4 Å². The smallest absolute Gasteiger partial charge is 0.170 e. The van der Waals surface area contributed by atoms with Crippen LogP contribution in [0, 0.1) is 13.8 Å². The Kier molecular flexibility index (Phi) is 6.11. The number of aromatic nitrogens is 2. The van der Waals surface area contributed by atoms with Gasteiger partial charge in [0.2, 0.25) is 0 Å². The van der Waals surface area contributed by atoms with Gasteiger partial charge in [0.1, 0.15) is 0 Å². The molecule has 0 bridgehead atoms. The number of hydrogen-bond donors (Lipinski definition) is 1. The van der Waals surface area contributed by atoms with Crippen LogP contribution in [0.3, 0.4) is 0 Å². The van der Waals surface area contributed by atoms with E-state index in [1.807, 2.05) is 36.5 Å². The van der Waals surface area contributed by atoms with Crippen molar-refractivity contribution in [1.29, 1.82) is 0 Å². The Hall–Kier alpha value is -2.37. The van der Waals surface area contributed by atoms with Gasteiger partial charge in [-0.15, -0.1) is 0 Å². The summed E-state index contributed by atoms with van der Waals surface area (Å²) in [4.78, 5) is 6.97. The first-order chi connectivity index (χ1) is 14.5. The highest BCUT2D eigenvalue weighted by atomic mass is 35.5. The summed E-state index contributed by atoms with van der Waals surface area (Å²) in [5.74, 6) is 0. The van der Waals surface area contributed by atoms with E-state index in [9.17, 15) is 0 Å². The molecule has 1 N–H and O–H groups in total. The largest absolute Gasteiger partial charge is 0.352 e. The van der Waals surface area contributed by atoms with Crippen LogP contribution in [0.4, 0.5) is 0 Å². The van der Waals surface area contributed by atoms with E-state index in [4.69, 9.17) is 23.8 Å². The van der Waals surface area contributed by atoms with Crippen LogP contribution in [0.15, 0.2) is 54.7 Å². The molecule has 0 radical (unpaired) electrons. The van der Waals surface area contributed by atoms with Crippen LogP contribution in [0.1, 0.15) is 54.5 Å². The van der Waals surface area contributed by atoms with Gasteiger partial charge in [-0.2, -0.15) is 0 Å². The standard InChI is InChI=1S/C24H27ClN4S/c1-4-5-14-28-23(22(27-24(28)30)20-11-8-9-13-26-20)18-15-16(2)29(17(18)3)21-12-7-6-10-19(21)25/h6-13,15,22-23H,4-5,14H2,1-3H3,(H,27,30)/t22-,23-/m1/s1. The number of thiocarbonyl (C=S) groups is 1. The van der Waals surface area contributed by atoms with Crippen molar-refractivity contribution in [1.82, 2.24) is 19.8 Å². The number of hydrogen-bond acceptors (Lipinski definition) is 2. The fourth-order valence-corrected chi connectivity index (χ4v) is 4.96. The molecule has 3 heterocycles. The molecule has 4 rings (SSSR count). The number of nitrogens with one attached hydrogen (secondary N) is 1. The summed E-state index contributed by atoms with van der Waals surface area (Å²) < 4.78 is 2.24. The summed E-state index contributed by atoms with van der Waals surface area (Å²) in [7, 11) is 0. The molecule has 1 fully saturated rings. The van der Waals surface area contributed by atoms with Crippen molar-refractivity contribution in [2.45, 2.75) is 45.7 Å². The zero-order valence-electron chi connectivity index (χ0n) is 17.6. The number of aryl methyl sites for hydroxylation is 1. The fourth-order valence-electron chi connectivity index (χ4n) is 4.40. The molecule has 30 heavy (non-hydrogen) atoms. The Morgan fingerprint density at radius 1 is 1.13 bits per heavy atom. The van der Waals surface area contributed by atoms with Crippen molar-refractivity contribution in [3.63, 3.8) is 0 Å². The van der Waals surface area contributed by atoms with Crippen molar-refractivity contribution in [2.75, 3.05) is 6.54 Å². The van der Waals surface area contributed by atoms with Gasteiger partial charge in [0, 0.05) is 24.1 Å². The maximum Gasteiger partial charge on any atom is 0.170 e. The quantitative estimate of drug-likeness (QED) is 0.484. The van der Waals surface area contributed by atoms with E-state index in [2.05, 4.69) is 58.7 Å². The Bertz CT molecular complexity index is 1050. The summed E-state index contributed by atoms with van der Waals surface area (Å²) >= 11 is 12.3. The second kappa shape index (κ2) is 8.78. The second-order valence-electron chi connectivity index (χ2n) is 7.79. The predicted molar refractivity (Wildman–Crippen MR) is 127 cm³/mol. The van der Waals surface area contributed by atoms with E-state index < -0.39 is 0 Å². The number of unbranched alkanes of at least 4 members (excludes halogenated alkanes) is 1. The third-order valence-corrected chi connectivity index (χ3v) is 6.50. The maximum absolute atomic E-state index is 6.54. The van der Waals surface area contributed by atoms with Crippen LogP contribution >= 0.6 is 23.8 Å². The maximum atomic E-state index is 6.54. The van der Waals surface area contributed by atoms with Crippen LogP contribution in [0.5, 0.6) is 0 Å². The average Bonchev–Trinajstić information content (AvgIpc) is 3.23. The molecule has 1 aliphatic rings. The Morgan fingerprint density at radius 2 is 1.90 bits per heavy atom. The molecule has 0 spiro atoms. The third-order valence-electron chi connectivity index (χ3n) is 5.83. The second-order valence-corrected chi connectivity index (χ2v) is 8.58. The lowest BCUT2D eigenvalue weighted by Gasteiger charge is -2.28. The summed E-state index contributed by atoms with van der Waals surface area (Å²) in [5.41, 5.74) is 5.60. The van der Waals surface area contributed by atoms with Gasteiger partial charge in [-0.3, -0.25) is 4.98 Å². The molecule has 156 valence electrons. The predicted octanol–water partition coefficient (Wildman–Crippen LogP) is 5.92. The molecule has 0 aliphatic carbocycles. The molecule has 0 amide bonds. The monoisotopic (exact) mass is 438 g/mol. The van der Waals surface area contributed by atoms with E-state index in [-0.39, 0.29) is 12.1 Å². The van der Waals surface area contributed by atoms with Crippen molar-refractivity contribution < 1.29 is 0 Å². The van der Waals surface area contributed by atoms with E-state index in [1.165, 1.54) is 11.3 Å². The van der Waals surface area contributed by atoms with Gasteiger partial charge in [0.15, 0.2) is 5.11 Å². The molecular formula is C24H27ClN4S. The lowest BCUT2D eigenvalue weighted by molar-refractivity contribution is 0.312. The number of pyridine rings is 1. The first kappa shape index (κ1) is 20.9. The highest BCUT2D eigenvalue weighted by Crippen LogP contribution is 2.41. The molecule has 6 heteroatoms.